The Bertz CT molecular complexity index is 579. The summed E-state index contributed by atoms with van der Waals surface area (Å²) in [6.45, 7) is 1.67. The van der Waals surface area contributed by atoms with E-state index in [2.05, 4.69) is 20.7 Å². The normalized spacial score (nSPS) is 34.9. The summed E-state index contributed by atoms with van der Waals surface area (Å²) < 4.78 is 26.5. The highest BCUT2D eigenvalue weighted by atomic mass is 79.9. The second-order valence-electron chi connectivity index (χ2n) is 5.41. The van der Waals surface area contributed by atoms with Gasteiger partial charge in [0.1, 0.15) is 0 Å². The van der Waals surface area contributed by atoms with Gasteiger partial charge in [-0.15, -0.1) is 11.6 Å². The largest absolute Gasteiger partial charge is 0.389 e. The molecule has 0 amide bonds. The quantitative estimate of drug-likeness (QED) is 0.624. The fraction of sp³-hybridized carbons (Fsp3) is 0.538. The third kappa shape index (κ3) is 3.54. The molecule has 0 radical (unpaired) electrons. The van der Waals surface area contributed by atoms with Crippen LogP contribution in [-0.4, -0.2) is 29.0 Å². The van der Waals surface area contributed by atoms with Crippen molar-refractivity contribution in [3.8, 4) is 0 Å². The highest BCUT2D eigenvalue weighted by Crippen LogP contribution is 2.42. The lowest BCUT2D eigenvalue weighted by Gasteiger charge is -2.42. The minimum atomic E-state index is -3.62. The number of hydrogen-bond donors (Lipinski definition) is 2. The molecule has 112 valence electrons. The van der Waals surface area contributed by atoms with E-state index in [0.29, 0.717) is 19.3 Å². The predicted octanol–water partition coefficient (Wildman–Crippen LogP) is 2.60. The zero-order valence-corrected chi connectivity index (χ0v) is 14.2. The van der Waals surface area contributed by atoms with Crippen LogP contribution in [-0.2, 0) is 10.0 Å². The molecule has 20 heavy (non-hydrogen) atoms. The number of alkyl halides is 2. The Kier molecular flexibility index (Phi) is 4.52. The van der Waals surface area contributed by atoms with Crippen LogP contribution < -0.4 is 4.72 Å². The van der Waals surface area contributed by atoms with Gasteiger partial charge in [-0.1, -0.05) is 34.1 Å². The van der Waals surface area contributed by atoms with E-state index in [9.17, 15) is 13.5 Å². The van der Waals surface area contributed by atoms with E-state index < -0.39 is 25.4 Å². The molecule has 7 heteroatoms. The van der Waals surface area contributed by atoms with E-state index in [1.54, 1.807) is 25.1 Å². The molecule has 4 nitrogen and oxygen atoms in total. The molecule has 0 spiro atoms. The first-order valence-corrected chi connectivity index (χ1v) is 9.00. The summed E-state index contributed by atoms with van der Waals surface area (Å²) >= 11 is 9.59. The van der Waals surface area contributed by atoms with Gasteiger partial charge in [-0.3, -0.25) is 0 Å². The lowest BCUT2D eigenvalue weighted by molar-refractivity contribution is 0.0175. The van der Waals surface area contributed by atoms with Crippen LogP contribution in [0.5, 0.6) is 0 Å². The molecule has 2 rings (SSSR count). The maximum atomic E-state index is 12.3. The van der Waals surface area contributed by atoms with Crippen molar-refractivity contribution in [2.75, 3.05) is 0 Å². The summed E-state index contributed by atoms with van der Waals surface area (Å²) in [6.07, 6.45) is 1.20. The lowest BCUT2D eigenvalue weighted by Crippen LogP contribution is -2.54. The highest BCUT2D eigenvalue weighted by Gasteiger charge is 2.46. The first-order valence-electron chi connectivity index (χ1n) is 6.29. The maximum absolute atomic E-state index is 12.3. The zero-order valence-electron chi connectivity index (χ0n) is 11.0. The minimum absolute atomic E-state index is 0.210. The molecule has 0 bridgehead atoms. The summed E-state index contributed by atoms with van der Waals surface area (Å²) in [5, 5.41) is 9.54. The van der Waals surface area contributed by atoms with Crippen molar-refractivity contribution in [2.45, 2.75) is 46.5 Å². The number of rotatable bonds is 3. The molecular formula is C13H17BrClNO3S. The number of hydrogen-bond acceptors (Lipinski definition) is 3. The highest BCUT2D eigenvalue weighted by molar-refractivity contribution is 9.10. The van der Waals surface area contributed by atoms with Gasteiger partial charge in [0.05, 0.1) is 20.3 Å². The van der Waals surface area contributed by atoms with E-state index in [0.717, 1.165) is 0 Å². The van der Waals surface area contributed by atoms with E-state index in [4.69, 9.17) is 11.6 Å². The van der Waals surface area contributed by atoms with Gasteiger partial charge in [0.25, 0.3) is 0 Å². The van der Waals surface area contributed by atoms with Crippen LogP contribution in [0.3, 0.4) is 0 Å². The van der Waals surface area contributed by atoms with Crippen molar-refractivity contribution in [1.82, 2.24) is 4.72 Å². The number of nitrogens with one attached hydrogen (secondary N) is 1. The summed E-state index contributed by atoms with van der Waals surface area (Å²) in [7, 11) is -3.62. The fourth-order valence-electron chi connectivity index (χ4n) is 2.21. The molecule has 0 unspecified atom stereocenters. The average molecular weight is 383 g/mol. The third-order valence-electron chi connectivity index (χ3n) is 3.58. The summed E-state index contributed by atoms with van der Waals surface area (Å²) in [6, 6.07) is 8.18. The van der Waals surface area contributed by atoms with Crippen LogP contribution in [0, 0.1) is 0 Å². The van der Waals surface area contributed by atoms with E-state index in [-0.39, 0.29) is 4.90 Å². The molecule has 0 heterocycles. The fourth-order valence-corrected chi connectivity index (χ4v) is 5.23. The van der Waals surface area contributed by atoms with Crippen LogP contribution in [0.15, 0.2) is 35.2 Å². The number of benzene rings is 1. The van der Waals surface area contributed by atoms with Gasteiger partial charge in [-0.2, -0.15) is 4.72 Å². The van der Waals surface area contributed by atoms with Gasteiger partial charge in [-0.05, 0) is 38.3 Å². The molecule has 1 aromatic rings. The molecular weight excluding hydrogens is 366 g/mol. The standard InChI is InChI=1S/C13H17BrClNO3S/c1-12(17)7-8-13(14,9-11(12)15)16-20(18,19)10-5-3-2-4-6-10/h2-6,11,16-17H,7-9H2,1H3/t11-,12-,13+/m1/s1. The van der Waals surface area contributed by atoms with E-state index >= 15 is 0 Å². The Hall–Kier alpha value is -0.140. The van der Waals surface area contributed by atoms with Gasteiger partial charge in [-0.25, -0.2) is 8.42 Å². The lowest BCUT2D eigenvalue weighted by atomic mass is 9.83. The number of halogens is 2. The molecule has 1 aliphatic carbocycles. The first kappa shape index (κ1) is 16.2. The van der Waals surface area contributed by atoms with E-state index in [1.807, 2.05) is 0 Å². The molecule has 1 saturated carbocycles. The van der Waals surface area contributed by atoms with Crippen LogP contribution >= 0.6 is 27.5 Å². The van der Waals surface area contributed by atoms with Crippen molar-refractivity contribution >= 4 is 37.6 Å². The van der Waals surface area contributed by atoms with Crippen molar-refractivity contribution in [3.05, 3.63) is 30.3 Å². The van der Waals surface area contributed by atoms with E-state index in [1.165, 1.54) is 12.1 Å². The van der Waals surface area contributed by atoms with Gasteiger partial charge in [0, 0.05) is 0 Å². The van der Waals surface area contributed by atoms with Crippen LogP contribution in [0.2, 0.25) is 0 Å². The Morgan fingerprint density at radius 3 is 2.50 bits per heavy atom. The summed E-state index contributed by atoms with van der Waals surface area (Å²) in [5.74, 6) is 0. The average Bonchev–Trinajstić information content (AvgIpc) is 2.36. The summed E-state index contributed by atoms with van der Waals surface area (Å²) in [5.41, 5.74) is -0.975. The maximum Gasteiger partial charge on any atom is 0.241 e. The van der Waals surface area contributed by atoms with Crippen LogP contribution in [0.4, 0.5) is 0 Å². The first-order chi connectivity index (χ1) is 9.15. The zero-order chi connectivity index (χ0) is 15.0. The topological polar surface area (TPSA) is 66.4 Å². The molecule has 0 saturated heterocycles. The van der Waals surface area contributed by atoms with Gasteiger partial charge in [0.2, 0.25) is 10.0 Å². The second-order valence-corrected chi connectivity index (χ2v) is 9.14. The Morgan fingerprint density at radius 1 is 1.35 bits per heavy atom. The smallest absolute Gasteiger partial charge is 0.241 e. The molecule has 1 aromatic carbocycles. The number of sulfonamides is 1. The monoisotopic (exact) mass is 381 g/mol. The second kappa shape index (κ2) is 5.57. The summed E-state index contributed by atoms with van der Waals surface area (Å²) in [4.78, 5) is 0.210. The third-order valence-corrected chi connectivity index (χ3v) is 6.93. The van der Waals surface area contributed by atoms with Crippen LogP contribution in [0.1, 0.15) is 26.2 Å². The van der Waals surface area contributed by atoms with Crippen molar-refractivity contribution in [3.63, 3.8) is 0 Å². The van der Waals surface area contributed by atoms with Crippen molar-refractivity contribution in [2.24, 2.45) is 0 Å². The molecule has 1 fully saturated rings. The number of aliphatic hydroxyl groups is 1. The van der Waals surface area contributed by atoms with Gasteiger partial charge >= 0.3 is 0 Å². The SMILES string of the molecule is C[C@@]1(O)CC[C@](Br)(NS(=O)(=O)c2ccccc2)C[C@H]1Cl. The minimum Gasteiger partial charge on any atom is -0.389 e. The Morgan fingerprint density at radius 2 is 1.95 bits per heavy atom. The van der Waals surface area contributed by atoms with Crippen molar-refractivity contribution < 1.29 is 13.5 Å². The van der Waals surface area contributed by atoms with Gasteiger partial charge < -0.3 is 5.11 Å². The molecule has 3 atom stereocenters. The molecule has 0 aromatic heterocycles. The molecule has 0 aliphatic heterocycles. The Labute approximate surface area is 132 Å². The molecule has 2 N–H and O–H groups in total. The van der Waals surface area contributed by atoms with Crippen LogP contribution in [0.25, 0.3) is 0 Å². The van der Waals surface area contributed by atoms with Crippen molar-refractivity contribution in [1.29, 1.82) is 0 Å². The van der Waals surface area contributed by atoms with Gasteiger partial charge in [0.15, 0.2) is 0 Å². The molecule has 1 aliphatic rings. The Balaban J connectivity index is 2.18. The predicted molar refractivity (Wildman–Crippen MR) is 82.5 cm³/mol.